The van der Waals surface area contributed by atoms with Crippen molar-refractivity contribution < 1.29 is 4.79 Å². The van der Waals surface area contributed by atoms with Crippen molar-refractivity contribution in [1.29, 1.82) is 0 Å². The third kappa shape index (κ3) is 5.80. The van der Waals surface area contributed by atoms with Crippen LogP contribution in [0.25, 0.3) is 15.9 Å². The molecule has 4 aromatic rings. The van der Waals surface area contributed by atoms with Gasteiger partial charge in [-0.3, -0.25) is 4.79 Å². The van der Waals surface area contributed by atoms with E-state index in [0.29, 0.717) is 46.8 Å². The molecular formula is C33H41ClN6OS. The number of anilines is 1. The molecule has 1 saturated carbocycles. The lowest BCUT2D eigenvalue weighted by molar-refractivity contribution is 0.0954. The second-order valence-electron chi connectivity index (χ2n) is 12.9. The van der Waals surface area contributed by atoms with Crippen molar-refractivity contribution >= 4 is 44.9 Å². The van der Waals surface area contributed by atoms with Crippen LogP contribution in [0.4, 0.5) is 5.82 Å². The Morgan fingerprint density at radius 1 is 1.07 bits per heavy atom. The van der Waals surface area contributed by atoms with E-state index in [1.165, 1.54) is 41.5 Å². The summed E-state index contributed by atoms with van der Waals surface area (Å²) in [4.78, 5) is 26.1. The van der Waals surface area contributed by atoms with Gasteiger partial charge in [0.25, 0.3) is 5.91 Å². The fraction of sp³-hybridized carbons (Fsp3) is 0.515. The first kappa shape index (κ1) is 29.1. The fourth-order valence-electron chi connectivity index (χ4n) is 6.55. The normalized spacial score (nSPS) is 17.8. The Kier molecular flexibility index (Phi) is 8.29. The highest BCUT2D eigenvalue weighted by atomic mass is 35.5. The smallest absolute Gasteiger partial charge is 0.256 e. The average Bonchev–Trinajstić information content (AvgIpc) is 3.51. The van der Waals surface area contributed by atoms with E-state index in [1.54, 1.807) is 4.68 Å². The lowest BCUT2D eigenvalue weighted by Crippen LogP contribution is -2.29. The molecular weight excluding hydrogens is 564 g/mol. The van der Waals surface area contributed by atoms with Gasteiger partial charge in [0.1, 0.15) is 21.6 Å². The summed E-state index contributed by atoms with van der Waals surface area (Å²) < 4.78 is 1.61. The summed E-state index contributed by atoms with van der Waals surface area (Å²) in [5.41, 5.74) is 3.55. The number of hydrogen-bond acceptors (Lipinski definition) is 6. The SMILES string of the molecule is Cc1nn(-c2ccccc2)c(Cl)c1C(=O)NCCNc1nc(C2CCCCC2)nc2sc3c(c12)CCC(C(C)(C)C)C3. The van der Waals surface area contributed by atoms with Crippen LogP contribution in [0, 0.1) is 18.3 Å². The zero-order chi connectivity index (χ0) is 29.4. The molecule has 1 amide bonds. The van der Waals surface area contributed by atoms with Gasteiger partial charge in [0.2, 0.25) is 0 Å². The molecule has 2 aliphatic rings. The van der Waals surface area contributed by atoms with Gasteiger partial charge in [0.15, 0.2) is 0 Å². The van der Waals surface area contributed by atoms with Crippen molar-refractivity contribution in [3.05, 3.63) is 63.0 Å². The van der Waals surface area contributed by atoms with E-state index in [4.69, 9.17) is 21.6 Å². The average molecular weight is 605 g/mol. The fourth-order valence-corrected chi connectivity index (χ4v) is 8.21. The number of aromatic nitrogens is 4. The largest absolute Gasteiger partial charge is 0.368 e. The maximum Gasteiger partial charge on any atom is 0.256 e. The number of nitrogens with zero attached hydrogens (tertiary/aromatic N) is 4. The van der Waals surface area contributed by atoms with Crippen molar-refractivity contribution in [2.45, 2.75) is 85.0 Å². The van der Waals surface area contributed by atoms with Crippen LogP contribution < -0.4 is 10.6 Å². The summed E-state index contributed by atoms with van der Waals surface area (Å²) in [7, 11) is 0. The van der Waals surface area contributed by atoms with Gasteiger partial charge < -0.3 is 10.6 Å². The van der Waals surface area contributed by atoms with Crippen molar-refractivity contribution in [1.82, 2.24) is 25.1 Å². The summed E-state index contributed by atoms with van der Waals surface area (Å²) >= 11 is 8.50. The number of rotatable bonds is 7. The second-order valence-corrected chi connectivity index (χ2v) is 14.4. The van der Waals surface area contributed by atoms with Crippen molar-refractivity contribution in [2.75, 3.05) is 18.4 Å². The number of carbonyl (C=O) groups is 1. The Morgan fingerprint density at radius 3 is 2.57 bits per heavy atom. The molecule has 9 heteroatoms. The molecule has 222 valence electrons. The number of fused-ring (bicyclic) bond motifs is 3. The van der Waals surface area contributed by atoms with E-state index >= 15 is 0 Å². The molecule has 42 heavy (non-hydrogen) atoms. The second kappa shape index (κ2) is 12.0. The van der Waals surface area contributed by atoms with Gasteiger partial charge in [-0.15, -0.1) is 11.3 Å². The van der Waals surface area contributed by atoms with Crippen LogP contribution in [0.2, 0.25) is 5.15 Å². The van der Waals surface area contributed by atoms with Crippen molar-refractivity contribution in [2.24, 2.45) is 11.3 Å². The minimum absolute atomic E-state index is 0.224. The van der Waals surface area contributed by atoms with E-state index in [1.807, 2.05) is 48.6 Å². The van der Waals surface area contributed by atoms with Gasteiger partial charge in [-0.25, -0.2) is 14.6 Å². The molecule has 0 spiro atoms. The highest BCUT2D eigenvalue weighted by molar-refractivity contribution is 7.19. The maximum atomic E-state index is 13.2. The third-order valence-corrected chi connectivity index (χ3v) is 10.6. The molecule has 7 nitrogen and oxygen atoms in total. The van der Waals surface area contributed by atoms with Gasteiger partial charge in [0, 0.05) is 23.9 Å². The molecule has 0 bridgehead atoms. The Balaban J connectivity index is 1.21. The predicted molar refractivity (Wildman–Crippen MR) is 172 cm³/mol. The van der Waals surface area contributed by atoms with E-state index < -0.39 is 0 Å². The number of thiophene rings is 1. The van der Waals surface area contributed by atoms with Crippen LogP contribution in [0.5, 0.6) is 0 Å². The van der Waals surface area contributed by atoms with Gasteiger partial charge in [0.05, 0.1) is 22.3 Å². The lowest BCUT2D eigenvalue weighted by Gasteiger charge is -2.33. The number of nitrogens with one attached hydrogen (secondary N) is 2. The number of benzene rings is 1. The number of para-hydroxylation sites is 1. The minimum atomic E-state index is -0.224. The molecule has 2 N–H and O–H groups in total. The number of amides is 1. The van der Waals surface area contributed by atoms with E-state index in [2.05, 4.69) is 36.5 Å². The summed E-state index contributed by atoms with van der Waals surface area (Å²) in [5.74, 6) is 2.79. The first-order chi connectivity index (χ1) is 20.2. The third-order valence-electron chi connectivity index (χ3n) is 9.06. The molecule has 0 saturated heterocycles. The monoisotopic (exact) mass is 604 g/mol. The Bertz CT molecular complexity index is 1580. The quantitative estimate of drug-likeness (QED) is 0.210. The molecule has 1 aromatic carbocycles. The number of carbonyl (C=O) groups excluding carboxylic acids is 1. The van der Waals surface area contributed by atoms with Crippen LogP contribution in [0.3, 0.4) is 0 Å². The molecule has 0 radical (unpaired) electrons. The summed E-state index contributed by atoms with van der Waals surface area (Å²) in [5, 5.41) is 12.7. The van der Waals surface area contributed by atoms with Crippen LogP contribution in [-0.2, 0) is 12.8 Å². The van der Waals surface area contributed by atoms with Crippen LogP contribution in [-0.4, -0.2) is 38.7 Å². The number of halogens is 1. The van der Waals surface area contributed by atoms with Gasteiger partial charge >= 0.3 is 0 Å². The zero-order valence-corrected chi connectivity index (χ0v) is 26.7. The molecule has 3 heterocycles. The zero-order valence-electron chi connectivity index (χ0n) is 25.1. The van der Waals surface area contributed by atoms with Crippen LogP contribution in [0.1, 0.15) is 97.5 Å². The number of aryl methyl sites for hydroxylation is 2. The highest BCUT2D eigenvalue weighted by Gasteiger charge is 2.32. The molecule has 6 rings (SSSR count). The minimum Gasteiger partial charge on any atom is -0.368 e. The summed E-state index contributed by atoms with van der Waals surface area (Å²) in [6.07, 6.45) is 9.50. The lowest BCUT2D eigenvalue weighted by atomic mass is 9.72. The van der Waals surface area contributed by atoms with Crippen molar-refractivity contribution in [3.63, 3.8) is 0 Å². The topological polar surface area (TPSA) is 84.7 Å². The number of hydrogen-bond donors (Lipinski definition) is 2. The van der Waals surface area contributed by atoms with Gasteiger partial charge in [-0.05, 0) is 68.1 Å². The van der Waals surface area contributed by atoms with Crippen LogP contribution in [0.15, 0.2) is 30.3 Å². The van der Waals surface area contributed by atoms with E-state index in [-0.39, 0.29) is 5.91 Å². The molecule has 3 aromatic heterocycles. The Labute approximate surface area is 257 Å². The first-order valence-corrected chi connectivity index (χ1v) is 16.5. The molecule has 1 unspecified atom stereocenters. The highest BCUT2D eigenvalue weighted by Crippen LogP contribution is 2.45. The van der Waals surface area contributed by atoms with Gasteiger partial charge in [-0.1, -0.05) is 69.8 Å². The Morgan fingerprint density at radius 2 is 1.83 bits per heavy atom. The van der Waals surface area contributed by atoms with E-state index in [0.717, 1.165) is 47.8 Å². The van der Waals surface area contributed by atoms with Gasteiger partial charge in [-0.2, -0.15) is 5.10 Å². The predicted octanol–water partition coefficient (Wildman–Crippen LogP) is 7.88. The Hall–Kier alpha value is -2.97. The maximum absolute atomic E-state index is 13.2. The summed E-state index contributed by atoms with van der Waals surface area (Å²) in [6, 6.07) is 9.62. The molecule has 1 atom stereocenters. The van der Waals surface area contributed by atoms with E-state index in [9.17, 15) is 4.79 Å². The molecule has 1 fully saturated rings. The molecule has 0 aliphatic heterocycles. The standard InChI is InChI=1S/C33H41ClN6OS/c1-20-26(28(34)40(39-20)23-13-9-6-10-14-23)31(41)36-18-17-35-30-27-24-16-15-22(33(2,3)4)19-25(24)42-32(27)38-29(37-30)21-11-7-5-8-12-21/h6,9-10,13-14,21-22H,5,7-8,11-12,15-19H2,1-4H3,(H,36,41)(H,35,37,38). The first-order valence-electron chi connectivity index (χ1n) is 15.4. The summed E-state index contributed by atoms with van der Waals surface area (Å²) in [6.45, 7) is 9.89. The van der Waals surface area contributed by atoms with Crippen LogP contribution >= 0.6 is 22.9 Å². The molecule has 2 aliphatic carbocycles. The van der Waals surface area contributed by atoms with Crippen molar-refractivity contribution in [3.8, 4) is 5.69 Å².